The second-order valence-corrected chi connectivity index (χ2v) is 7.02. The standard InChI is InChI=1S/C18H17N3OS2/c1-12-7-5-6-10-14(12)21-16(19)15(24-18(21)23)17(22)20-11-13-8-3-2-4-9-13/h2-10H,11,19H2,1H3,(H,20,22). The Hall–Kier alpha value is -2.44. The molecule has 3 N–H and O–H groups in total. The molecule has 0 saturated carbocycles. The van der Waals surface area contributed by atoms with Gasteiger partial charge >= 0.3 is 0 Å². The van der Waals surface area contributed by atoms with E-state index in [1.165, 1.54) is 11.3 Å². The number of carbonyl (C=O) groups excluding carboxylic acids is 1. The lowest BCUT2D eigenvalue weighted by molar-refractivity contribution is 0.0955. The minimum absolute atomic E-state index is 0.209. The van der Waals surface area contributed by atoms with Crippen LogP contribution >= 0.6 is 23.6 Å². The van der Waals surface area contributed by atoms with Crippen LogP contribution in [-0.4, -0.2) is 10.5 Å². The van der Waals surface area contributed by atoms with E-state index in [0.717, 1.165) is 16.8 Å². The largest absolute Gasteiger partial charge is 0.383 e. The predicted molar refractivity (Wildman–Crippen MR) is 101 cm³/mol. The summed E-state index contributed by atoms with van der Waals surface area (Å²) < 4.78 is 2.32. The van der Waals surface area contributed by atoms with Crippen molar-refractivity contribution < 1.29 is 4.79 Å². The maximum atomic E-state index is 12.5. The third-order valence-corrected chi connectivity index (χ3v) is 5.09. The molecule has 0 spiro atoms. The first-order valence-electron chi connectivity index (χ1n) is 7.47. The summed E-state index contributed by atoms with van der Waals surface area (Å²) in [5.41, 5.74) is 9.21. The van der Waals surface area contributed by atoms with Crippen LogP contribution in [0.3, 0.4) is 0 Å². The lowest BCUT2D eigenvalue weighted by Gasteiger charge is -2.09. The van der Waals surface area contributed by atoms with Crippen molar-refractivity contribution in [1.82, 2.24) is 9.88 Å². The molecule has 4 nitrogen and oxygen atoms in total. The van der Waals surface area contributed by atoms with Crippen LogP contribution in [0.4, 0.5) is 5.82 Å². The number of hydrogen-bond donors (Lipinski definition) is 2. The Morgan fingerprint density at radius 1 is 1.17 bits per heavy atom. The van der Waals surface area contributed by atoms with Gasteiger partial charge in [-0.3, -0.25) is 9.36 Å². The van der Waals surface area contributed by atoms with E-state index in [1.807, 2.05) is 61.5 Å². The van der Waals surface area contributed by atoms with E-state index >= 15 is 0 Å². The maximum Gasteiger partial charge on any atom is 0.265 e. The molecule has 0 unspecified atom stereocenters. The third kappa shape index (κ3) is 3.25. The molecule has 1 heterocycles. The van der Waals surface area contributed by atoms with Crippen LogP contribution in [-0.2, 0) is 6.54 Å². The summed E-state index contributed by atoms with van der Waals surface area (Å²) >= 11 is 6.65. The first-order valence-corrected chi connectivity index (χ1v) is 8.70. The molecule has 6 heteroatoms. The quantitative estimate of drug-likeness (QED) is 0.693. The first kappa shape index (κ1) is 16.4. The topological polar surface area (TPSA) is 60.0 Å². The molecular formula is C18H17N3OS2. The van der Waals surface area contributed by atoms with E-state index in [1.54, 1.807) is 4.57 Å². The Morgan fingerprint density at radius 2 is 1.83 bits per heavy atom. The van der Waals surface area contributed by atoms with E-state index in [0.29, 0.717) is 21.2 Å². The molecule has 3 aromatic rings. The van der Waals surface area contributed by atoms with Crippen molar-refractivity contribution in [2.24, 2.45) is 0 Å². The summed E-state index contributed by atoms with van der Waals surface area (Å²) in [7, 11) is 0. The normalized spacial score (nSPS) is 10.5. The van der Waals surface area contributed by atoms with Crippen LogP contribution in [0.2, 0.25) is 0 Å². The summed E-state index contributed by atoms with van der Waals surface area (Å²) in [6, 6.07) is 17.6. The van der Waals surface area contributed by atoms with Gasteiger partial charge in [0.25, 0.3) is 5.91 Å². The van der Waals surface area contributed by atoms with Crippen LogP contribution in [0.25, 0.3) is 5.69 Å². The highest BCUT2D eigenvalue weighted by Gasteiger charge is 2.18. The molecular weight excluding hydrogens is 338 g/mol. The second kappa shape index (κ2) is 6.98. The Balaban J connectivity index is 1.88. The summed E-state index contributed by atoms with van der Waals surface area (Å²) in [6.45, 7) is 2.44. The van der Waals surface area contributed by atoms with Gasteiger partial charge in [0.05, 0.1) is 5.69 Å². The SMILES string of the molecule is Cc1ccccc1-n1c(N)c(C(=O)NCc2ccccc2)sc1=S. The Morgan fingerprint density at radius 3 is 2.54 bits per heavy atom. The molecule has 0 aliphatic heterocycles. The number of thiazole rings is 1. The van der Waals surface area contributed by atoms with Gasteiger partial charge in [-0.15, -0.1) is 0 Å². The third-order valence-electron chi connectivity index (χ3n) is 3.70. The molecule has 122 valence electrons. The summed E-state index contributed by atoms with van der Waals surface area (Å²) in [6.07, 6.45) is 0. The molecule has 0 atom stereocenters. The lowest BCUT2D eigenvalue weighted by atomic mass is 10.2. The van der Waals surface area contributed by atoms with Crippen LogP contribution in [0.1, 0.15) is 20.8 Å². The van der Waals surface area contributed by atoms with Crippen molar-refractivity contribution in [3.8, 4) is 5.69 Å². The van der Waals surface area contributed by atoms with Crippen molar-refractivity contribution in [3.05, 3.63) is 74.6 Å². The number of nitrogen functional groups attached to an aromatic ring is 1. The van der Waals surface area contributed by atoms with Crippen LogP contribution in [0, 0.1) is 10.9 Å². The van der Waals surface area contributed by atoms with Crippen molar-refractivity contribution in [2.45, 2.75) is 13.5 Å². The number of hydrogen-bond acceptors (Lipinski definition) is 4. The van der Waals surface area contributed by atoms with Gasteiger partial charge in [0, 0.05) is 6.54 Å². The van der Waals surface area contributed by atoms with Gasteiger partial charge in [-0.2, -0.15) is 0 Å². The molecule has 2 aromatic carbocycles. The summed E-state index contributed by atoms with van der Waals surface area (Å²) in [5, 5.41) is 2.89. The number of nitrogens with zero attached hydrogens (tertiary/aromatic N) is 1. The van der Waals surface area contributed by atoms with E-state index < -0.39 is 0 Å². The van der Waals surface area contributed by atoms with Gasteiger partial charge in [0.1, 0.15) is 10.7 Å². The van der Waals surface area contributed by atoms with Gasteiger partial charge in [0.15, 0.2) is 3.95 Å². The molecule has 0 aliphatic carbocycles. The minimum Gasteiger partial charge on any atom is -0.383 e. The Bertz CT molecular complexity index is 929. The fourth-order valence-corrected chi connectivity index (χ4v) is 3.72. The summed E-state index contributed by atoms with van der Waals surface area (Å²) in [4.78, 5) is 12.9. The number of benzene rings is 2. The number of rotatable bonds is 4. The average Bonchev–Trinajstić information content (AvgIpc) is 2.89. The number of aryl methyl sites for hydroxylation is 1. The highest BCUT2D eigenvalue weighted by molar-refractivity contribution is 7.73. The number of nitrogens with one attached hydrogen (secondary N) is 1. The smallest absolute Gasteiger partial charge is 0.265 e. The molecule has 0 saturated heterocycles. The molecule has 1 aromatic heterocycles. The van der Waals surface area contributed by atoms with Crippen molar-refractivity contribution >= 4 is 35.3 Å². The van der Waals surface area contributed by atoms with E-state index in [9.17, 15) is 4.79 Å². The van der Waals surface area contributed by atoms with E-state index in [4.69, 9.17) is 18.0 Å². The van der Waals surface area contributed by atoms with E-state index in [2.05, 4.69) is 5.32 Å². The van der Waals surface area contributed by atoms with Crippen LogP contribution in [0.15, 0.2) is 54.6 Å². The molecule has 3 rings (SSSR count). The number of para-hydroxylation sites is 1. The zero-order chi connectivity index (χ0) is 17.1. The van der Waals surface area contributed by atoms with Gasteiger partial charge < -0.3 is 11.1 Å². The molecule has 1 amide bonds. The number of nitrogens with two attached hydrogens (primary N) is 1. The van der Waals surface area contributed by atoms with Gasteiger partial charge in [-0.25, -0.2) is 0 Å². The fraction of sp³-hybridized carbons (Fsp3) is 0.111. The van der Waals surface area contributed by atoms with E-state index in [-0.39, 0.29) is 5.91 Å². The Labute approximate surface area is 149 Å². The zero-order valence-corrected chi connectivity index (χ0v) is 14.8. The molecule has 0 aliphatic rings. The number of anilines is 1. The van der Waals surface area contributed by atoms with Crippen molar-refractivity contribution in [3.63, 3.8) is 0 Å². The molecule has 24 heavy (non-hydrogen) atoms. The molecule has 0 fully saturated rings. The number of carbonyl (C=O) groups is 1. The zero-order valence-electron chi connectivity index (χ0n) is 13.2. The van der Waals surface area contributed by atoms with Crippen LogP contribution in [0.5, 0.6) is 0 Å². The van der Waals surface area contributed by atoms with Crippen molar-refractivity contribution in [1.29, 1.82) is 0 Å². The minimum atomic E-state index is -0.209. The number of amides is 1. The monoisotopic (exact) mass is 355 g/mol. The molecule has 0 bridgehead atoms. The maximum absolute atomic E-state index is 12.5. The first-order chi connectivity index (χ1) is 11.6. The Kier molecular flexibility index (Phi) is 4.78. The average molecular weight is 355 g/mol. The van der Waals surface area contributed by atoms with Gasteiger partial charge in [-0.1, -0.05) is 59.9 Å². The van der Waals surface area contributed by atoms with Crippen molar-refractivity contribution in [2.75, 3.05) is 5.73 Å². The highest BCUT2D eigenvalue weighted by atomic mass is 32.1. The molecule has 0 radical (unpaired) electrons. The van der Waals surface area contributed by atoms with Gasteiger partial charge in [-0.05, 0) is 36.3 Å². The lowest BCUT2D eigenvalue weighted by Crippen LogP contribution is -2.23. The second-order valence-electron chi connectivity index (χ2n) is 5.37. The number of aromatic nitrogens is 1. The van der Waals surface area contributed by atoms with Gasteiger partial charge in [0.2, 0.25) is 0 Å². The highest BCUT2D eigenvalue weighted by Crippen LogP contribution is 2.27. The fourth-order valence-electron chi connectivity index (χ4n) is 2.45. The summed E-state index contributed by atoms with van der Waals surface area (Å²) in [5.74, 6) is 0.171. The predicted octanol–water partition coefficient (Wildman–Crippen LogP) is 4.09. The van der Waals surface area contributed by atoms with Crippen LogP contribution < -0.4 is 11.1 Å².